The van der Waals surface area contributed by atoms with E-state index in [0.29, 0.717) is 51.9 Å². The van der Waals surface area contributed by atoms with Crippen LogP contribution in [0.1, 0.15) is 66.2 Å². The number of carbonyl (C=O) groups excluding carboxylic acids is 2. The first kappa shape index (κ1) is 29.1. The highest BCUT2D eigenvalue weighted by Crippen LogP contribution is 2.65. The van der Waals surface area contributed by atoms with Gasteiger partial charge in [-0.05, 0) is 72.6 Å². The minimum absolute atomic E-state index is 0.0352. The normalized spacial score (nSPS) is 34.5. The molecule has 1 heterocycles. The highest BCUT2D eigenvalue weighted by molar-refractivity contribution is 7.89. The van der Waals surface area contributed by atoms with Crippen LogP contribution in [0.4, 0.5) is 5.69 Å². The zero-order valence-corrected chi connectivity index (χ0v) is 26.2. The van der Waals surface area contributed by atoms with Crippen molar-refractivity contribution in [2.45, 2.75) is 66.2 Å². The lowest BCUT2D eigenvalue weighted by Gasteiger charge is -2.40. The molecule has 0 spiro atoms. The minimum atomic E-state index is -3.99. The number of hydrogen-bond acceptors (Lipinski definition) is 8. The lowest BCUT2D eigenvalue weighted by atomic mass is 9.70. The van der Waals surface area contributed by atoms with Crippen LogP contribution in [0.15, 0.2) is 24.3 Å². The first-order chi connectivity index (χ1) is 19.0. The van der Waals surface area contributed by atoms with Crippen molar-refractivity contribution in [2.24, 2.45) is 33.5 Å². The first-order valence-corrected chi connectivity index (χ1v) is 18.0. The largest absolute Gasteiger partial charge is 0.382 e. The summed E-state index contributed by atoms with van der Waals surface area (Å²) < 4.78 is 60.0. The maximum absolute atomic E-state index is 13.5. The summed E-state index contributed by atoms with van der Waals surface area (Å²) in [6.07, 6.45) is 3.97. The predicted octanol–water partition coefficient (Wildman–Crippen LogP) is 3.64. The number of carbonyl (C=O) groups is 2. The number of hydrogen-bond donors (Lipinski definition) is 0. The van der Waals surface area contributed by atoms with E-state index in [0.717, 1.165) is 18.5 Å². The Morgan fingerprint density at radius 3 is 1.68 bits per heavy atom. The van der Waals surface area contributed by atoms with Crippen molar-refractivity contribution in [3.63, 3.8) is 0 Å². The van der Waals surface area contributed by atoms with Crippen LogP contribution in [0.5, 0.6) is 5.75 Å². The quantitative estimate of drug-likeness (QED) is 0.412. The van der Waals surface area contributed by atoms with Crippen molar-refractivity contribution in [1.82, 2.24) is 4.31 Å². The molecule has 9 nitrogen and oxygen atoms in total. The van der Waals surface area contributed by atoms with Gasteiger partial charge in [-0.1, -0.05) is 27.7 Å². The lowest BCUT2D eigenvalue weighted by molar-refractivity contribution is -0.128. The molecule has 1 aromatic rings. The van der Waals surface area contributed by atoms with Gasteiger partial charge in [0.05, 0.1) is 16.9 Å². The van der Waals surface area contributed by atoms with Crippen LogP contribution in [0.2, 0.25) is 0 Å². The number of fused-ring (bicyclic) bond motifs is 4. The Morgan fingerprint density at radius 2 is 1.24 bits per heavy atom. The Morgan fingerprint density at radius 1 is 0.756 bits per heavy atom. The van der Waals surface area contributed by atoms with Crippen LogP contribution in [-0.4, -0.2) is 70.4 Å². The zero-order chi connectivity index (χ0) is 29.6. The summed E-state index contributed by atoms with van der Waals surface area (Å²) in [7, 11) is -7.58. The van der Waals surface area contributed by atoms with Crippen molar-refractivity contribution in [1.29, 1.82) is 0 Å². The first-order valence-electron chi connectivity index (χ1n) is 14.8. The third-order valence-corrected chi connectivity index (χ3v) is 15.5. The second-order valence-electron chi connectivity index (χ2n) is 14.3. The molecule has 4 bridgehead atoms. The van der Waals surface area contributed by atoms with Gasteiger partial charge in [-0.15, -0.1) is 0 Å². The fraction of sp³-hybridized carbons (Fsp3) is 0.733. The van der Waals surface area contributed by atoms with Crippen molar-refractivity contribution in [2.75, 3.05) is 42.6 Å². The molecule has 6 rings (SSSR count). The van der Waals surface area contributed by atoms with Gasteiger partial charge in [0, 0.05) is 50.1 Å². The van der Waals surface area contributed by atoms with Gasteiger partial charge in [0.1, 0.15) is 17.3 Å². The van der Waals surface area contributed by atoms with E-state index in [9.17, 15) is 26.4 Å². The Balaban J connectivity index is 1.07. The number of piperazine rings is 1. The summed E-state index contributed by atoms with van der Waals surface area (Å²) in [5.41, 5.74) is -1.46. The molecule has 4 atom stereocenters. The fourth-order valence-electron chi connectivity index (χ4n) is 9.03. The van der Waals surface area contributed by atoms with Crippen molar-refractivity contribution in [3.05, 3.63) is 24.3 Å². The average Bonchev–Trinajstić information content (AvgIpc) is 3.42. The molecule has 1 aromatic carbocycles. The van der Waals surface area contributed by atoms with Crippen molar-refractivity contribution >= 4 is 37.4 Å². The van der Waals surface area contributed by atoms with Gasteiger partial charge in [-0.2, -0.15) is 12.7 Å². The molecule has 11 heteroatoms. The Bertz CT molecular complexity index is 1480. The molecular formula is C30H42N2O7S2. The summed E-state index contributed by atoms with van der Waals surface area (Å²) in [6, 6.07) is 6.77. The Kier molecular flexibility index (Phi) is 6.57. The van der Waals surface area contributed by atoms with E-state index in [1.54, 1.807) is 24.3 Å². The number of benzene rings is 1. The van der Waals surface area contributed by atoms with Crippen LogP contribution >= 0.6 is 0 Å². The van der Waals surface area contributed by atoms with Gasteiger partial charge in [0.2, 0.25) is 10.0 Å². The van der Waals surface area contributed by atoms with E-state index in [2.05, 4.69) is 18.7 Å². The minimum Gasteiger partial charge on any atom is -0.382 e. The van der Waals surface area contributed by atoms with Crippen LogP contribution in [0.3, 0.4) is 0 Å². The van der Waals surface area contributed by atoms with Crippen LogP contribution in [0.25, 0.3) is 0 Å². The number of Topliss-reactive ketones (excluding diaryl/α,β-unsaturated/α-hetero) is 2. The SMILES string of the molecule is CC1(C)[C@H]2CC[C@]1(CS(=O)(=O)N1CCN(c3ccc(OS(=O)(=O)C[C@]45CC[C@@H](CC4=O)C5(C)C)cc3)CC1)C(=O)C2. The van der Waals surface area contributed by atoms with Gasteiger partial charge < -0.3 is 9.08 Å². The smallest absolute Gasteiger partial charge is 0.310 e. The molecule has 5 fully saturated rings. The van der Waals surface area contributed by atoms with Gasteiger partial charge in [0.25, 0.3) is 0 Å². The number of sulfonamides is 1. The molecule has 0 amide bonds. The summed E-state index contributed by atoms with van der Waals surface area (Å²) in [5, 5.41) is 0. The number of nitrogens with zero attached hydrogens (tertiary/aromatic N) is 2. The predicted molar refractivity (Wildman–Crippen MR) is 156 cm³/mol. The van der Waals surface area contributed by atoms with E-state index in [1.807, 2.05) is 13.8 Å². The topological polar surface area (TPSA) is 118 Å². The average molecular weight is 607 g/mol. The molecular weight excluding hydrogens is 564 g/mol. The van der Waals surface area contributed by atoms with E-state index < -0.39 is 31.0 Å². The molecule has 4 saturated carbocycles. The number of ketones is 2. The number of anilines is 1. The van der Waals surface area contributed by atoms with Crippen LogP contribution in [-0.2, 0) is 29.7 Å². The summed E-state index contributed by atoms with van der Waals surface area (Å²) in [6.45, 7) is 9.76. The standard InChI is InChI=1S/C30H42N2O7S2/c1-27(2)21-9-11-29(27,25(33)17-21)19-40(35,36)32-15-13-31(14-16-32)23-5-7-24(8-6-23)39-41(37,38)20-30-12-10-22(18-26(30)34)28(30,3)4/h5-8,21-22H,9-20H2,1-4H3/t21-,22-,29-,30+/m0/s1. The molecule has 0 radical (unpaired) electrons. The molecule has 0 unspecified atom stereocenters. The second-order valence-corrected chi connectivity index (χ2v) is 17.8. The maximum atomic E-state index is 13.5. The summed E-state index contributed by atoms with van der Waals surface area (Å²) >= 11 is 0. The van der Waals surface area contributed by atoms with Gasteiger partial charge in [-0.25, -0.2) is 8.42 Å². The fourth-order valence-corrected chi connectivity index (χ4v) is 13.0. The summed E-state index contributed by atoms with van der Waals surface area (Å²) in [4.78, 5) is 27.7. The van der Waals surface area contributed by atoms with E-state index in [-0.39, 0.29) is 51.5 Å². The highest BCUT2D eigenvalue weighted by Gasteiger charge is 2.66. The zero-order valence-electron chi connectivity index (χ0n) is 24.5. The molecule has 0 N–H and O–H groups in total. The molecule has 0 aromatic heterocycles. The van der Waals surface area contributed by atoms with E-state index in [1.165, 1.54) is 4.31 Å². The van der Waals surface area contributed by atoms with Crippen molar-refractivity contribution in [3.8, 4) is 5.75 Å². The molecule has 41 heavy (non-hydrogen) atoms. The molecule has 1 aliphatic heterocycles. The summed E-state index contributed by atoms with van der Waals surface area (Å²) in [5.74, 6) is 0.437. The van der Waals surface area contributed by atoms with Gasteiger partial charge >= 0.3 is 10.1 Å². The van der Waals surface area contributed by atoms with E-state index in [4.69, 9.17) is 4.18 Å². The van der Waals surface area contributed by atoms with Crippen molar-refractivity contribution < 1.29 is 30.6 Å². The molecule has 1 saturated heterocycles. The lowest BCUT2D eigenvalue weighted by Crippen LogP contribution is -2.52. The highest BCUT2D eigenvalue weighted by atomic mass is 32.2. The second kappa shape index (κ2) is 9.26. The third kappa shape index (κ3) is 4.31. The Hall–Kier alpha value is -1.98. The maximum Gasteiger partial charge on any atom is 0.310 e. The third-order valence-electron chi connectivity index (χ3n) is 12.2. The van der Waals surface area contributed by atoms with E-state index >= 15 is 0 Å². The Labute approximate surface area is 244 Å². The van der Waals surface area contributed by atoms with Crippen LogP contribution in [0, 0.1) is 33.5 Å². The van der Waals surface area contributed by atoms with Crippen LogP contribution < -0.4 is 9.08 Å². The molecule has 5 aliphatic rings. The van der Waals surface area contributed by atoms with Gasteiger partial charge in [0.15, 0.2) is 0 Å². The van der Waals surface area contributed by atoms with Gasteiger partial charge in [-0.3, -0.25) is 9.59 Å². The molecule has 226 valence electrons. The monoisotopic (exact) mass is 606 g/mol. The molecule has 4 aliphatic carbocycles. The number of rotatable bonds is 8.